The largest absolute Gasteiger partial charge is 0.416 e. The number of hydrogen-bond acceptors (Lipinski definition) is 2. The molecule has 2 fully saturated rings. The van der Waals surface area contributed by atoms with E-state index in [4.69, 9.17) is 5.73 Å². The molecular weight excluding hydrogens is 353 g/mol. The second kappa shape index (κ2) is 7.54. The molecule has 0 aliphatic heterocycles. The summed E-state index contributed by atoms with van der Waals surface area (Å²) < 4.78 is 37.7. The quantitative estimate of drug-likeness (QED) is 0.844. The Morgan fingerprint density at radius 3 is 2.36 bits per heavy atom. The van der Waals surface area contributed by atoms with Gasteiger partial charge in [-0.05, 0) is 62.1 Å². The molecule has 0 heterocycles. The molecule has 2 saturated carbocycles. The van der Waals surface area contributed by atoms with Crippen molar-refractivity contribution in [2.75, 3.05) is 0 Å². The maximum absolute atomic E-state index is 12.6. The summed E-state index contributed by atoms with van der Waals surface area (Å²) in [5.74, 6) is 0.743. The number of carbonyl (C=O) groups excluding carboxylic acids is 1. The Morgan fingerprint density at radius 1 is 1.24 bits per heavy atom. The molecule has 0 saturated heterocycles. The van der Waals surface area contributed by atoms with Gasteiger partial charge in [0.15, 0.2) is 0 Å². The van der Waals surface area contributed by atoms with Crippen molar-refractivity contribution in [2.24, 2.45) is 23.5 Å². The summed E-state index contributed by atoms with van der Waals surface area (Å²) in [4.78, 5) is 12.5. The summed E-state index contributed by atoms with van der Waals surface area (Å²) in [7, 11) is 0. The smallest absolute Gasteiger partial charge is 0.353 e. The topological polar surface area (TPSA) is 55.1 Å². The molecule has 25 heavy (non-hydrogen) atoms. The molecular formula is C18H24ClF3N2O. The van der Waals surface area contributed by atoms with Gasteiger partial charge in [0.25, 0.3) is 0 Å². The van der Waals surface area contributed by atoms with E-state index in [1.807, 2.05) is 6.92 Å². The molecule has 1 amide bonds. The molecule has 3 rings (SSSR count). The standard InChI is InChI=1S/C18H23F3N2O.ClH/c1-10(8-11-2-6-14(7-3-11)18(19,20)21)23-17(24)15-12-4-5-13(9-12)16(15)22;/h2-3,6-7,10,12-13,15-16H,4-5,8-9,22H2,1H3,(H,23,24);1H. The van der Waals surface area contributed by atoms with E-state index < -0.39 is 11.7 Å². The van der Waals surface area contributed by atoms with Gasteiger partial charge < -0.3 is 11.1 Å². The van der Waals surface area contributed by atoms with Crippen LogP contribution in [0.25, 0.3) is 0 Å². The molecule has 0 spiro atoms. The van der Waals surface area contributed by atoms with Crippen molar-refractivity contribution < 1.29 is 18.0 Å². The molecule has 2 bridgehead atoms. The first-order chi connectivity index (χ1) is 11.3. The molecule has 140 valence electrons. The van der Waals surface area contributed by atoms with E-state index in [2.05, 4.69) is 5.32 Å². The molecule has 1 aromatic carbocycles. The number of nitrogens with one attached hydrogen (secondary N) is 1. The number of nitrogens with two attached hydrogens (primary N) is 1. The lowest BCUT2D eigenvalue weighted by Gasteiger charge is -2.28. The fourth-order valence-electron chi connectivity index (χ4n) is 4.30. The molecule has 0 aromatic heterocycles. The van der Waals surface area contributed by atoms with E-state index in [1.165, 1.54) is 12.1 Å². The van der Waals surface area contributed by atoms with Crippen LogP contribution in [0.15, 0.2) is 24.3 Å². The number of halogens is 4. The van der Waals surface area contributed by atoms with Crippen molar-refractivity contribution in [3.05, 3.63) is 35.4 Å². The fraction of sp³-hybridized carbons (Fsp3) is 0.611. The van der Waals surface area contributed by atoms with Crippen molar-refractivity contribution >= 4 is 18.3 Å². The van der Waals surface area contributed by atoms with E-state index in [9.17, 15) is 18.0 Å². The normalized spacial score (nSPS) is 29.2. The van der Waals surface area contributed by atoms with Gasteiger partial charge in [-0.25, -0.2) is 0 Å². The van der Waals surface area contributed by atoms with Crippen LogP contribution in [0, 0.1) is 17.8 Å². The number of carbonyl (C=O) groups is 1. The third kappa shape index (κ3) is 4.29. The Kier molecular flexibility index (Phi) is 6.05. The van der Waals surface area contributed by atoms with E-state index in [0.717, 1.165) is 37.0 Å². The zero-order valence-electron chi connectivity index (χ0n) is 14.1. The summed E-state index contributed by atoms with van der Waals surface area (Å²) in [5, 5.41) is 2.99. The Labute approximate surface area is 152 Å². The monoisotopic (exact) mass is 376 g/mol. The third-order valence-corrected chi connectivity index (χ3v) is 5.50. The highest BCUT2D eigenvalue weighted by molar-refractivity contribution is 5.85. The van der Waals surface area contributed by atoms with Gasteiger partial charge in [-0.15, -0.1) is 12.4 Å². The lowest BCUT2D eigenvalue weighted by Crippen LogP contribution is -2.47. The minimum absolute atomic E-state index is 0. The average Bonchev–Trinajstić information content (AvgIpc) is 3.07. The van der Waals surface area contributed by atoms with Crippen molar-refractivity contribution in [1.82, 2.24) is 5.32 Å². The summed E-state index contributed by atoms with van der Waals surface area (Å²) >= 11 is 0. The van der Waals surface area contributed by atoms with Crippen LogP contribution in [0.4, 0.5) is 13.2 Å². The Morgan fingerprint density at radius 2 is 1.84 bits per heavy atom. The second-order valence-electron chi connectivity index (χ2n) is 7.24. The van der Waals surface area contributed by atoms with Crippen LogP contribution in [0.5, 0.6) is 0 Å². The molecule has 3 nitrogen and oxygen atoms in total. The van der Waals surface area contributed by atoms with Crippen molar-refractivity contribution in [2.45, 2.75) is 50.9 Å². The summed E-state index contributed by atoms with van der Waals surface area (Å²) in [5.41, 5.74) is 6.30. The lowest BCUT2D eigenvalue weighted by atomic mass is 9.84. The van der Waals surface area contributed by atoms with Crippen LogP contribution in [0.2, 0.25) is 0 Å². The lowest BCUT2D eigenvalue weighted by molar-refractivity contribution is -0.137. The zero-order chi connectivity index (χ0) is 17.5. The first-order valence-corrected chi connectivity index (χ1v) is 8.48. The minimum Gasteiger partial charge on any atom is -0.353 e. The summed E-state index contributed by atoms with van der Waals surface area (Å²) in [6.07, 6.45) is -0.580. The molecule has 5 atom stereocenters. The molecule has 3 N–H and O–H groups in total. The summed E-state index contributed by atoms with van der Waals surface area (Å²) in [6.45, 7) is 1.87. The molecule has 2 aliphatic carbocycles. The average molecular weight is 377 g/mol. The van der Waals surface area contributed by atoms with Gasteiger partial charge in [0.1, 0.15) is 0 Å². The second-order valence-corrected chi connectivity index (χ2v) is 7.24. The van der Waals surface area contributed by atoms with E-state index >= 15 is 0 Å². The van der Waals surface area contributed by atoms with Crippen LogP contribution < -0.4 is 11.1 Å². The number of alkyl halides is 3. The Balaban J connectivity index is 0.00000225. The van der Waals surface area contributed by atoms with Gasteiger partial charge in [-0.1, -0.05) is 12.1 Å². The van der Waals surface area contributed by atoms with Crippen LogP contribution in [0.1, 0.15) is 37.3 Å². The highest BCUT2D eigenvalue weighted by atomic mass is 35.5. The van der Waals surface area contributed by atoms with Crippen molar-refractivity contribution in [1.29, 1.82) is 0 Å². The van der Waals surface area contributed by atoms with Crippen molar-refractivity contribution in [3.63, 3.8) is 0 Å². The number of amides is 1. The number of fused-ring (bicyclic) bond motifs is 2. The molecule has 1 aromatic rings. The molecule has 7 heteroatoms. The first-order valence-electron chi connectivity index (χ1n) is 8.48. The van der Waals surface area contributed by atoms with Crippen molar-refractivity contribution in [3.8, 4) is 0 Å². The van der Waals surface area contributed by atoms with Gasteiger partial charge in [0, 0.05) is 12.1 Å². The van der Waals surface area contributed by atoms with Gasteiger partial charge in [-0.3, -0.25) is 4.79 Å². The van der Waals surface area contributed by atoms with E-state index in [-0.39, 0.29) is 36.3 Å². The fourth-order valence-corrected chi connectivity index (χ4v) is 4.30. The maximum Gasteiger partial charge on any atom is 0.416 e. The van der Waals surface area contributed by atoms with E-state index in [1.54, 1.807) is 0 Å². The van der Waals surface area contributed by atoms with E-state index in [0.29, 0.717) is 18.3 Å². The number of benzene rings is 1. The van der Waals surface area contributed by atoms with Gasteiger partial charge in [-0.2, -0.15) is 13.2 Å². The van der Waals surface area contributed by atoms with Crippen LogP contribution in [0.3, 0.4) is 0 Å². The number of rotatable bonds is 4. The predicted octanol–water partition coefficient (Wildman–Crippen LogP) is 3.55. The maximum atomic E-state index is 12.6. The Bertz CT molecular complexity index is 603. The molecule has 2 aliphatic rings. The van der Waals surface area contributed by atoms with Gasteiger partial charge in [0.05, 0.1) is 11.5 Å². The van der Waals surface area contributed by atoms with Gasteiger partial charge in [0.2, 0.25) is 5.91 Å². The predicted molar refractivity (Wildman–Crippen MR) is 92.3 cm³/mol. The van der Waals surface area contributed by atoms with Gasteiger partial charge >= 0.3 is 6.18 Å². The van der Waals surface area contributed by atoms with Crippen LogP contribution in [-0.2, 0) is 17.4 Å². The minimum atomic E-state index is -4.32. The first kappa shape index (κ1) is 20.0. The highest BCUT2D eigenvalue weighted by Gasteiger charge is 2.49. The van der Waals surface area contributed by atoms with Crippen LogP contribution >= 0.6 is 12.4 Å². The molecule has 0 radical (unpaired) electrons. The zero-order valence-corrected chi connectivity index (χ0v) is 14.9. The molecule has 5 unspecified atom stereocenters. The van der Waals surface area contributed by atoms with Crippen LogP contribution in [-0.4, -0.2) is 18.0 Å². The Hall–Kier alpha value is -1.27. The number of hydrogen-bond donors (Lipinski definition) is 2. The highest BCUT2D eigenvalue weighted by Crippen LogP contribution is 2.47. The SMILES string of the molecule is CC(Cc1ccc(C(F)(F)F)cc1)NC(=O)C1C2CCC(C2)C1N.Cl. The third-order valence-electron chi connectivity index (χ3n) is 5.50. The summed E-state index contributed by atoms with van der Waals surface area (Å²) in [6, 6.07) is 4.90.